The first kappa shape index (κ1) is 17.8. The fraction of sp³-hybridized carbons (Fsp3) is 0.375. The van der Waals surface area contributed by atoms with Crippen LogP contribution in [0.5, 0.6) is 0 Å². The van der Waals surface area contributed by atoms with E-state index >= 15 is 0 Å². The molecule has 0 bridgehead atoms. The number of carbonyl (C=O) groups is 1. The van der Waals surface area contributed by atoms with Crippen LogP contribution in [0.15, 0.2) is 36.7 Å². The number of rotatable bonds is 4. The first-order valence-corrected chi connectivity index (χ1v) is 7.33. The van der Waals surface area contributed by atoms with Gasteiger partial charge in [0.2, 0.25) is 0 Å². The summed E-state index contributed by atoms with van der Waals surface area (Å²) >= 11 is 0. The second-order valence-corrected chi connectivity index (χ2v) is 5.67. The lowest BCUT2D eigenvalue weighted by Crippen LogP contribution is -2.38. The molecule has 2 rings (SSSR count). The first-order valence-electron chi connectivity index (χ1n) is 7.33. The number of alkyl halides is 3. The number of carbonyl (C=O) groups excluding carboxylic acids is 1. The number of nitrogens with one attached hydrogen (secondary N) is 1. The largest absolute Gasteiger partial charge is 0.416 e. The maximum absolute atomic E-state index is 12.8. The van der Waals surface area contributed by atoms with Crippen LogP contribution >= 0.6 is 0 Å². The zero-order valence-electron chi connectivity index (χ0n) is 13.6. The van der Waals surface area contributed by atoms with Gasteiger partial charge in [0.25, 0.3) is 0 Å². The zero-order valence-corrected chi connectivity index (χ0v) is 13.6. The lowest BCUT2D eigenvalue weighted by atomic mass is 10.1. The molecule has 1 N–H and O–H groups in total. The van der Waals surface area contributed by atoms with Crippen molar-refractivity contribution in [1.29, 1.82) is 0 Å². The molecule has 1 atom stereocenters. The first-order chi connectivity index (χ1) is 11.2. The van der Waals surface area contributed by atoms with Crippen LogP contribution in [0.1, 0.15) is 29.7 Å². The molecule has 8 heteroatoms. The Balaban J connectivity index is 2.00. The van der Waals surface area contributed by atoms with Crippen molar-refractivity contribution in [3.8, 4) is 0 Å². The van der Waals surface area contributed by atoms with Crippen LogP contribution in [-0.2, 0) is 19.8 Å². The number of nitrogens with zero attached hydrogens (tertiary/aromatic N) is 3. The molecule has 0 radical (unpaired) electrons. The van der Waals surface area contributed by atoms with Crippen LogP contribution in [-0.4, -0.2) is 27.8 Å². The Kier molecular flexibility index (Phi) is 5.16. The lowest BCUT2D eigenvalue weighted by molar-refractivity contribution is -0.137. The van der Waals surface area contributed by atoms with Crippen LogP contribution in [0.25, 0.3) is 0 Å². The summed E-state index contributed by atoms with van der Waals surface area (Å²) in [6, 6.07) is 4.03. The minimum atomic E-state index is -4.41. The van der Waals surface area contributed by atoms with E-state index in [9.17, 15) is 18.0 Å². The topological polar surface area (TPSA) is 50.2 Å². The predicted molar refractivity (Wildman–Crippen MR) is 83.1 cm³/mol. The summed E-state index contributed by atoms with van der Waals surface area (Å²) in [4.78, 5) is 13.6. The van der Waals surface area contributed by atoms with Crippen molar-refractivity contribution in [2.24, 2.45) is 7.05 Å². The number of hydrogen-bond acceptors (Lipinski definition) is 2. The van der Waals surface area contributed by atoms with Gasteiger partial charge in [0, 0.05) is 25.9 Å². The number of urea groups is 1. The Labute approximate surface area is 138 Å². The highest BCUT2D eigenvalue weighted by Gasteiger charge is 2.30. The van der Waals surface area contributed by atoms with Crippen molar-refractivity contribution in [3.05, 3.63) is 53.3 Å². The lowest BCUT2D eigenvalue weighted by Gasteiger charge is -2.21. The monoisotopic (exact) mass is 340 g/mol. The summed E-state index contributed by atoms with van der Waals surface area (Å²) < 4.78 is 39.9. The quantitative estimate of drug-likeness (QED) is 0.928. The standard InChI is InChI=1S/C16H19F3N4O/c1-11(13-5-4-6-14(7-13)16(17,18)19)21-15(24)22(2)9-12-8-20-23(3)10-12/h4-8,10-11H,9H2,1-3H3,(H,21,24). The number of amides is 2. The molecule has 0 saturated heterocycles. The highest BCUT2D eigenvalue weighted by atomic mass is 19.4. The third-order valence-electron chi connectivity index (χ3n) is 3.58. The van der Waals surface area contributed by atoms with Gasteiger partial charge in [0.15, 0.2) is 0 Å². The molecule has 0 fully saturated rings. The molecule has 1 aromatic heterocycles. The van der Waals surface area contributed by atoms with Crippen molar-refractivity contribution in [3.63, 3.8) is 0 Å². The van der Waals surface area contributed by atoms with Crippen LogP contribution in [0.2, 0.25) is 0 Å². The molecule has 0 spiro atoms. The molecule has 5 nitrogen and oxygen atoms in total. The second kappa shape index (κ2) is 6.94. The molecule has 0 aliphatic carbocycles. The van der Waals surface area contributed by atoms with Gasteiger partial charge in [-0.3, -0.25) is 4.68 Å². The van der Waals surface area contributed by atoms with Crippen LogP contribution in [0.4, 0.5) is 18.0 Å². The molecule has 24 heavy (non-hydrogen) atoms. The van der Waals surface area contributed by atoms with E-state index in [4.69, 9.17) is 0 Å². The van der Waals surface area contributed by atoms with Crippen LogP contribution in [0.3, 0.4) is 0 Å². The summed E-state index contributed by atoms with van der Waals surface area (Å²) in [6.07, 6.45) is -0.961. The predicted octanol–water partition coefficient (Wildman–Crippen LogP) is 3.34. The summed E-state index contributed by atoms with van der Waals surface area (Å²) in [5.41, 5.74) is 0.527. The molecular weight excluding hydrogens is 321 g/mol. The summed E-state index contributed by atoms with van der Waals surface area (Å²) in [7, 11) is 3.39. The molecule has 0 saturated carbocycles. The second-order valence-electron chi connectivity index (χ2n) is 5.67. The third-order valence-corrected chi connectivity index (χ3v) is 3.58. The molecule has 0 aliphatic rings. The van der Waals surface area contributed by atoms with Gasteiger partial charge in [-0.25, -0.2) is 4.79 Å². The minimum absolute atomic E-state index is 0.356. The number of aryl methyl sites for hydroxylation is 1. The van der Waals surface area contributed by atoms with Crippen molar-refractivity contribution in [1.82, 2.24) is 20.0 Å². The molecule has 1 aromatic carbocycles. The van der Waals surface area contributed by atoms with Crippen molar-refractivity contribution in [2.75, 3.05) is 7.05 Å². The van der Waals surface area contributed by atoms with Gasteiger partial charge < -0.3 is 10.2 Å². The average molecular weight is 340 g/mol. The van der Waals surface area contributed by atoms with Gasteiger partial charge in [0.05, 0.1) is 24.3 Å². The highest BCUT2D eigenvalue weighted by Crippen LogP contribution is 2.30. The summed E-state index contributed by atoms with van der Waals surface area (Å²) in [5.74, 6) is 0. The Morgan fingerprint density at radius 2 is 2.12 bits per heavy atom. The number of benzene rings is 1. The smallest absolute Gasteiger partial charge is 0.331 e. The van der Waals surface area contributed by atoms with E-state index in [1.165, 1.54) is 11.0 Å². The van der Waals surface area contributed by atoms with Crippen LogP contribution < -0.4 is 5.32 Å². The van der Waals surface area contributed by atoms with Gasteiger partial charge in [0.1, 0.15) is 0 Å². The van der Waals surface area contributed by atoms with E-state index in [0.29, 0.717) is 12.1 Å². The van der Waals surface area contributed by atoms with E-state index in [1.807, 2.05) is 0 Å². The van der Waals surface area contributed by atoms with Gasteiger partial charge in [-0.1, -0.05) is 12.1 Å². The van der Waals surface area contributed by atoms with Gasteiger partial charge >= 0.3 is 12.2 Å². The summed E-state index contributed by atoms with van der Waals surface area (Å²) in [6.45, 7) is 2.00. The van der Waals surface area contributed by atoms with Crippen LogP contribution in [0, 0.1) is 0 Å². The Morgan fingerprint density at radius 1 is 1.42 bits per heavy atom. The third kappa shape index (κ3) is 4.50. The van der Waals surface area contributed by atoms with Crippen molar-refractivity contribution >= 4 is 6.03 Å². The normalized spacial score (nSPS) is 12.8. The molecule has 2 amide bonds. The number of aromatic nitrogens is 2. The molecule has 2 aromatic rings. The number of halogens is 3. The van der Waals surface area contributed by atoms with Crippen molar-refractivity contribution in [2.45, 2.75) is 25.7 Å². The van der Waals surface area contributed by atoms with Crippen molar-refractivity contribution < 1.29 is 18.0 Å². The highest BCUT2D eigenvalue weighted by molar-refractivity contribution is 5.74. The van der Waals surface area contributed by atoms with Gasteiger partial charge in [-0.15, -0.1) is 0 Å². The Morgan fingerprint density at radius 3 is 2.71 bits per heavy atom. The Hall–Kier alpha value is -2.51. The maximum atomic E-state index is 12.8. The van der Waals surface area contributed by atoms with E-state index in [1.54, 1.807) is 44.2 Å². The van der Waals surface area contributed by atoms with Gasteiger partial charge in [-0.05, 0) is 24.6 Å². The van der Waals surface area contributed by atoms with E-state index in [0.717, 1.165) is 17.7 Å². The molecule has 130 valence electrons. The molecular formula is C16H19F3N4O. The van der Waals surface area contributed by atoms with E-state index in [2.05, 4.69) is 10.4 Å². The summed E-state index contributed by atoms with van der Waals surface area (Å²) in [5, 5.41) is 6.72. The Bertz CT molecular complexity index is 711. The van der Waals surface area contributed by atoms with Gasteiger partial charge in [-0.2, -0.15) is 18.3 Å². The minimum Gasteiger partial charge on any atom is -0.331 e. The molecule has 0 aliphatic heterocycles. The maximum Gasteiger partial charge on any atom is 0.416 e. The number of hydrogen-bond donors (Lipinski definition) is 1. The average Bonchev–Trinajstić information content (AvgIpc) is 2.91. The molecule has 1 unspecified atom stereocenters. The zero-order chi connectivity index (χ0) is 17.9. The molecule has 1 heterocycles. The van der Waals surface area contributed by atoms with E-state index in [-0.39, 0.29) is 6.03 Å². The fourth-order valence-corrected chi connectivity index (χ4v) is 2.26. The van der Waals surface area contributed by atoms with E-state index < -0.39 is 17.8 Å². The SMILES string of the molecule is CC(NC(=O)N(C)Cc1cnn(C)c1)c1cccc(C(F)(F)F)c1. The fourth-order valence-electron chi connectivity index (χ4n) is 2.26.